The van der Waals surface area contributed by atoms with Gasteiger partial charge in [-0.25, -0.2) is 4.79 Å². The lowest BCUT2D eigenvalue weighted by Gasteiger charge is -2.08. The van der Waals surface area contributed by atoms with Crippen LogP contribution in [0.25, 0.3) is 11.1 Å². The van der Waals surface area contributed by atoms with Gasteiger partial charge in [0.15, 0.2) is 0 Å². The van der Waals surface area contributed by atoms with Crippen molar-refractivity contribution >= 4 is 40.0 Å². The van der Waals surface area contributed by atoms with Crippen molar-refractivity contribution in [2.45, 2.75) is 6.92 Å². The Hall–Kier alpha value is -1.83. The number of thiophene rings is 1. The molecule has 0 aliphatic heterocycles. The van der Waals surface area contributed by atoms with Crippen LogP contribution in [0.15, 0.2) is 35.7 Å². The molecule has 0 fully saturated rings. The number of hydrogen-bond acceptors (Lipinski definition) is 6. The third-order valence-corrected chi connectivity index (χ3v) is 4.99. The van der Waals surface area contributed by atoms with E-state index in [0.29, 0.717) is 22.9 Å². The summed E-state index contributed by atoms with van der Waals surface area (Å²) in [5, 5.41) is 5.20. The third-order valence-electron chi connectivity index (χ3n) is 3.10. The summed E-state index contributed by atoms with van der Waals surface area (Å²) in [4.78, 5) is 24.4. The minimum absolute atomic E-state index is 0.152. The van der Waals surface area contributed by atoms with Crippen molar-refractivity contribution in [3.05, 3.63) is 41.3 Å². The standard InChI is InChI=1S/C17H20N2O3S2/c1-2-22-17(21)15-13(12-6-4-3-5-7-12)10-24-16(15)19-14(20)11-23-9-8-18/h3-7,10H,2,8-9,11,18H2,1H3,(H,19,20). The van der Waals surface area contributed by atoms with Gasteiger partial charge in [-0.3, -0.25) is 4.79 Å². The first-order chi connectivity index (χ1) is 11.7. The molecule has 0 aliphatic rings. The SMILES string of the molecule is CCOC(=O)c1c(-c2ccccc2)csc1NC(=O)CSCCN. The number of carbonyl (C=O) groups excluding carboxylic acids is 2. The second-order valence-corrected chi connectivity index (χ2v) is 6.81. The van der Waals surface area contributed by atoms with Gasteiger partial charge in [0.25, 0.3) is 0 Å². The van der Waals surface area contributed by atoms with Crippen LogP contribution in [0.5, 0.6) is 0 Å². The van der Waals surface area contributed by atoms with Gasteiger partial charge in [0.05, 0.1) is 12.4 Å². The number of anilines is 1. The Labute approximate surface area is 149 Å². The van der Waals surface area contributed by atoms with Gasteiger partial charge in [-0.05, 0) is 12.5 Å². The monoisotopic (exact) mass is 364 g/mol. The van der Waals surface area contributed by atoms with Crippen molar-refractivity contribution in [2.75, 3.05) is 30.0 Å². The van der Waals surface area contributed by atoms with E-state index in [2.05, 4.69) is 5.32 Å². The first-order valence-electron chi connectivity index (χ1n) is 7.59. The van der Waals surface area contributed by atoms with Crippen molar-refractivity contribution in [3.63, 3.8) is 0 Å². The number of amides is 1. The van der Waals surface area contributed by atoms with Crippen molar-refractivity contribution < 1.29 is 14.3 Å². The molecule has 1 heterocycles. The van der Waals surface area contributed by atoms with Crippen LogP contribution in [0.4, 0.5) is 5.00 Å². The summed E-state index contributed by atoms with van der Waals surface area (Å²) >= 11 is 2.79. The highest BCUT2D eigenvalue weighted by molar-refractivity contribution is 7.99. The molecule has 7 heteroatoms. The molecule has 0 aliphatic carbocycles. The number of hydrogen-bond donors (Lipinski definition) is 2. The number of carbonyl (C=O) groups is 2. The second-order valence-electron chi connectivity index (χ2n) is 4.83. The molecule has 2 aromatic rings. The Balaban J connectivity index is 2.26. The lowest BCUT2D eigenvalue weighted by atomic mass is 10.0. The molecular formula is C17H20N2O3S2. The van der Waals surface area contributed by atoms with Crippen LogP contribution in [0.2, 0.25) is 0 Å². The van der Waals surface area contributed by atoms with E-state index in [9.17, 15) is 9.59 Å². The van der Waals surface area contributed by atoms with E-state index < -0.39 is 5.97 Å². The maximum atomic E-state index is 12.4. The quantitative estimate of drug-likeness (QED) is 0.555. The van der Waals surface area contributed by atoms with Crippen LogP contribution in [0.1, 0.15) is 17.3 Å². The average Bonchev–Trinajstić information content (AvgIpc) is 2.99. The molecule has 5 nitrogen and oxygen atoms in total. The molecular weight excluding hydrogens is 344 g/mol. The van der Waals surface area contributed by atoms with Gasteiger partial charge in [0.1, 0.15) is 10.6 Å². The number of benzene rings is 1. The summed E-state index contributed by atoms with van der Waals surface area (Å²) in [5.41, 5.74) is 7.51. The number of rotatable bonds is 8. The van der Waals surface area contributed by atoms with Crippen LogP contribution in [-0.2, 0) is 9.53 Å². The minimum atomic E-state index is -0.428. The molecule has 0 saturated carbocycles. The number of nitrogens with one attached hydrogen (secondary N) is 1. The Kier molecular flexibility index (Phi) is 7.30. The molecule has 3 N–H and O–H groups in total. The maximum Gasteiger partial charge on any atom is 0.341 e. The predicted octanol–water partition coefficient (Wildman–Crippen LogP) is 3.22. The molecule has 0 radical (unpaired) electrons. The van der Waals surface area contributed by atoms with Gasteiger partial charge in [-0.15, -0.1) is 11.3 Å². The van der Waals surface area contributed by atoms with Gasteiger partial charge in [-0.2, -0.15) is 11.8 Å². The van der Waals surface area contributed by atoms with Crippen LogP contribution in [0, 0.1) is 0 Å². The first-order valence-corrected chi connectivity index (χ1v) is 9.62. The third kappa shape index (κ3) is 4.83. The highest BCUT2D eigenvalue weighted by Gasteiger charge is 2.22. The number of nitrogens with two attached hydrogens (primary N) is 1. The molecule has 1 amide bonds. The van der Waals surface area contributed by atoms with Gasteiger partial charge in [0.2, 0.25) is 5.91 Å². The summed E-state index contributed by atoms with van der Waals surface area (Å²) in [5.74, 6) is 0.443. The van der Waals surface area contributed by atoms with Gasteiger partial charge in [0, 0.05) is 23.2 Å². The van der Waals surface area contributed by atoms with E-state index in [4.69, 9.17) is 10.5 Å². The normalized spacial score (nSPS) is 10.4. The van der Waals surface area contributed by atoms with E-state index in [1.165, 1.54) is 23.1 Å². The van der Waals surface area contributed by atoms with E-state index in [0.717, 1.165) is 16.9 Å². The summed E-state index contributed by atoms with van der Waals surface area (Å²) < 4.78 is 5.16. The van der Waals surface area contributed by atoms with E-state index in [1.54, 1.807) is 6.92 Å². The molecule has 0 atom stereocenters. The summed E-state index contributed by atoms with van der Waals surface area (Å²) in [6.07, 6.45) is 0. The predicted molar refractivity (Wildman–Crippen MR) is 101 cm³/mol. The van der Waals surface area contributed by atoms with Crippen molar-refractivity contribution in [1.29, 1.82) is 0 Å². The fraction of sp³-hybridized carbons (Fsp3) is 0.294. The first kappa shape index (κ1) is 18.5. The highest BCUT2D eigenvalue weighted by atomic mass is 32.2. The number of esters is 1. The zero-order chi connectivity index (χ0) is 17.4. The molecule has 1 aromatic carbocycles. The van der Waals surface area contributed by atoms with Crippen molar-refractivity contribution in [1.82, 2.24) is 0 Å². The molecule has 0 bridgehead atoms. The van der Waals surface area contributed by atoms with E-state index in [-0.39, 0.29) is 12.5 Å². The Morgan fingerprint density at radius 2 is 2.04 bits per heavy atom. The Bertz CT molecular complexity index is 686. The zero-order valence-electron chi connectivity index (χ0n) is 13.4. The topological polar surface area (TPSA) is 81.4 Å². The van der Waals surface area contributed by atoms with Crippen molar-refractivity contribution in [3.8, 4) is 11.1 Å². The Morgan fingerprint density at radius 3 is 2.71 bits per heavy atom. The fourth-order valence-corrected chi connectivity index (χ4v) is 3.64. The maximum absolute atomic E-state index is 12.4. The largest absolute Gasteiger partial charge is 0.462 e. The van der Waals surface area contributed by atoms with Crippen LogP contribution >= 0.6 is 23.1 Å². The Morgan fingerprint density at radius 1 is 1.29 bits per heavy atom. The van der Waals surface area contributed by atoms with Gasteiger partial charge in [-0.1, -0.05) is 30.3 Å². The summed E-state index contributed by atoms with van der Waals surface area (Å²) in [7, 11) is 0. The highest BCUT2D eigenvalue weighted by Crippen LogP contribution is 2.36. The molecule has 128 valence electrons. The number of ether oxygens (including phenoxy) is 1. The fourth-order valence-electron chi connectivity index (χ4n) is 2.10. The van der Waals surface area contributed by atoms with E-state index >= 15 is 0 Å². The molecule has 0 spiro atoms. The number of thioether (sulfide) groups is 1. The average molecular weight is 364 g/mol. The summed E-state index contributed by atoms with van der Waals surface area (Å²) in [6.45, 7) is 2.57. The van der Waals surface area contributed by atoms with Crippen molar-refractivity contribution in [2.24, 2.45) is 5.73 Å². The van der Waals surface area contributed by atoms with Crippen LogP contribution < -0.4 is 11.1 Å². The van der Waals surface area contributed by atoms with Gasteiger partial charge < -0.3 is 15.8 Å². The lowest BCUT2D eigenvalue weighted by Crippen LogP contribution is -2.17. The second kappa shape index (κ2) is 9.46. The van der Waals surface area contributed by atoms with Gasteiger partial charge >= 0.3 is 5.97 Å². The molecule has 2 rings (SSSR count). The zero-order valence-corrected chi connectivity index (χ0v) is 15.0. The molecule has 0 unspecified atom stereocenters. The molecule has 1 aromatic heterocycles. The molecule has 24 heavy (non-hydrogen) atoms. The smallest absolute Gasteiger partial charge is 0.341 e. The van der Waals surface area contributed by atoms with Crippen LogP contribution in [-0.4, -0.2) is 36.5 Å². The van der Waals surface area contributed by atoms with Crippen LogP contribution in [0.3, 0.4) is 0 Å². The lowest BCUT2D eigenvalue weighted by molar-refractivity contribution is -0.113. The minimum Gasteiger partial charge on any atom is -0.462 e. The molecule has 0 saturated heterocycles. The van der Waals surface area contributed by atoms with E-state index in [1.807, 2.05) is 35.7 Å². The summed E-state index contributed by atoms with van der Waals surface area (Å²) in [6, 6.07) is 9.57.